The minimum atomic E-state index is -0.338. The van der Waals surface area contributed by atoms with Gasteiger partial charge in [0.1, 0.15) is 30.3 Å². The van der Waals surface area contributed by atoms with Crippen molar-refractivity contribution in [3.63, 3.8) is 0 Å². The van der Waals surface area contributed by atoms with Crippen molar-refractivity contribution >= 4 is 34.0 Å². The molecule has 2 aromatic carbocycles. The van der Waals surface area contributed by atoms with E-state index in [-0.39, 0.29) is 5.91 Å². The number of rotatable bonds is 10. The van der Waals surface area contributed by atoms with Crippen LogP contribution >= 0.6 is 0 Å². The summed E-state index contributed by atoms with van der Waals surface area (Å²) in [5, 5.41) is 11.5. The molecule has 1 aliphatic heterocycles. The number of hydrogen-bond donors (Lipinski definition) is 2. The maximum absolute atomic E-state index is 12.2. The fraction of sp³-hybridized carbons (Fsp3) is 0.310. The van der Waals surface area contributed by atoms with Gasteiger partial charge >= 0.3 is 0 Å². The SMILES string of the molecule is C=CC(=O)Nc1cc(Nc2cc(-c3ccc4c(cnn4C)c3)ncn2)c(OC)cc1OCCN1CCN(C)CC1. The Morgan fingerprint density at radius 3 is 2.65 bits per heavy atom. The van der Waals surface area contributed by atoms with Gasteiger partial charge < -0.3 is 25.0 Å². The van der Waals surface area contributed by atoms with E-state index in [1.807, 2.05) is 42.2 Å². The largest absolute Gasteiger partial charge is 0.494 e. The van der Waals surface area contributed by atoms with Gasteiger partial charge in [-0.15, -0.1) is 0 Å². The molecule has 0 saturated carbocycles. The van der Waals surface area contributed by atoms with Crippen molar-refractivity contribution in [2.75, 3.05) is 64.1 Å². The topological polar surface area (TPSA) is 110 Å². The van der Waals surface area contributed by atoms with E-state index in [1.54, 1.807) is 19.2 Å². The first-order chi connectivity index (χ1) is 19.4. The normalized spacial score (nSPS) is 14.2. The van der Waals surface area contributed by atoms with E-state index in [4.69, 9.17) is 9.47 Å². The second-order valence-corrected chi connectivity index (χ2v) is 9.69. The van der Waals surface area contributed by atoms with E-state index in [1.165, 1.54) is 12.4 Å². The highest BCUT2D eigenvalue weighted by atomic mass is 16.5. The molecule has 0 spiro atoms. The Morgan fingerprint density at radius 2 is 1.88 bits per heavy atom. The second-order valence-electron chi connectivity index (χ2n) is 9.69. The Balaban J connectivity index is 1.37. The van der Waals surface area contributed by atoms with Gasteiger partial charge in [-0.1, -0.05) is 12.6 Å². The van der Waals surface area contributed by atoms with Crippen molar-refractivity contribution in [2.24, 2.45) is 7.05 Å². The molecule has 4 aromatic rings. The van der Waals surface area contributed by atoms with Crippen molar-refractivity contribution in [2.45, 2.75) is 0 Å². The third kappa shape index (κ3) is 6.22. The number of carbonyl (C=O) groups is 1. The predicted octanol–water partition coefficient (Wildman–Crippen LogP) is 3.53. The number of likely N-dealkylation sites (N-methyl/N-ethyl adjacent to an activating group) is 1. The van der Waals surface area contributed by atoms with Gasteiger partial charge in [0.15, 0.2) is 0 Å². The number of anilines is 3. The lowest BCUT2D eigenvalue weighted by Gasteiger charge is -2.32. The number of hydrogen-bond acceptors (Lipinski definition) is 9. The first kappa shape index (κ1) is 27.1. The highest BCUT2D eigenvalue weighted by Gasteiger charge is 2.17. The number of amides is 1. The Kier molecular flexibility index (Phi) is 8.23. The lowest BCUT2D eigenvalue weighted by atomic mass is 10.1. The molecule has 0 unspecified atom stereocenters. The van der Waals surface area contributed by atoms with Crippen molar-refractivity contribution in [3.8, 4) is 22.8 Å². The summed E-state index contributed by atoms with van der Waals surface area (Å²) in [5.41, 5.74) is 3.86. The summed E-state index contributed by atoms with van der Waals surface area (Å²) in [4.78, 5) is 25.8. The van der Waals surface area contributed by atoms with Crippen molar-refractivity contribution in [1.29, 1.82) is 0 Å². The van der Waals surface area contributed by atoms with Crippen LogP contribution in [-0.4, -0.2) is 88.9 Å². The molecule has 1 saturated heterocycles. The molecule has 0 radical (unpaired) electrons. The molecule has 1 aliphatic rings. The van der Waals surface area contributed by atoms with Gasteiger partial charge in [-0.2, -0.15) is 5.10 Å². The van der Waals surface area contributed by atoms with Crippen LogP contribution in [0.4, 0.5) is 17.2 Å². The Labute approximate surface area is 233 Å². The van der Waals surface area contributed by atoms with Gasteiger partial charge in [0.05, 0.1) is 35.9 Å². The van der Waals surface area contributed by atoms with E-state index in [9.17, 15) is 4.79 Å². The molecule has 0 bridgehead atoms. The summed E-state index contributed by atoms with van der Waals surface area (Å²) in [5.74, 6) is 1.29. The number of fused-ring (bicyclic) bond motifs is 1. The summed E-state index contributed by atoms with van der Waals surface area (Å²) in [6, 6.07) is 11.5. The Hall–Kier alpha value is -4.48. The van der Waals surface area contributed by atoms with Crippen LogP contribution in [0.25, 0.3) is 22.2 Å². The van der Waals surface area contributed by atoms with E-state index in [0.717, 1.165) is 54.9 Å². The van der Waals surface area contributed by atoms with Gasteiger partial charge in [0, 0.05) is 62.9 Å². The molecule has 2 N–H and O–H groups in total. The molecule has 5 rings (SSSR count). The lowest BCUT2D eigenvalue weighted by molar-refractivity contribution is -0.111. The molecule has 11 nitrogen and oxygen atoms in total. The third-order valence-corrected chi connectivity index (χ3v) is 6.98. The number of ether oxygens (including phenoxy) is 2. The smallest absolute Gasteiger partial charge is 0.247 e. The zero-order valence-corrected chi connectivity index (χ0v) is 23.1. The molecule has 0 atom stereocenters. The molecule has 208 valence electrons. The molecular formula is C29H34N8O3. The molecule has 2 aromatic heterocycles. The fourth-order valence-electron chi connectivity index (χ4n) is 4.63. The van der Waals surface area contributed by atoms with E-state index in [0.29, 0.717) is 35.3 Å². The monoisotopic (exact) mass is 542 g/mol. The zero-order chi connectivity index (χ0) is 28.1. The van der Waals surface area contributed by atoms with Crippen LogP contribution < -0.4 is 20.1 Å². The van der Waals surface area contributed by atoms with Crippen molar-refractivity contribution in [3.05, 3.63) is 61.6 Å². The van der Waals surface area contributed by atoms with Gasteiger partial charge in [-0.05, 0) is 31.3 Å². The van der Waals surface area contributed by atoms with Crippen LogP contribution in [-0.2, 0) is 11.8 Å². The number of nitrogens with one attached hydrogen (secondary N) is 2. The van der Waals surface area contributed by atoms with Gasteiger partial charge in [0.2, 0.25) is 5.91 Å². The maximum Gasteiger partial charge on any atom is 0.247 e. The van der Waals surface area contributed by atoms with Crippen LogP contribution in [0.1, 0.15) is 0 Å². The number of benzene rings is 2. The maximum atomic E-state index is 12.2. The predicted molar refractivity (Wildman–Crippen MR) is 156 cm³/mol. The zero-order valence-electron chi connectivity index (χ0n) is 23.1. The summed E-state index contributed by atoms with van der Waals surface area (Å²) in [6.07, 6.45) is 4.56. The number of aryl methyl sites for hydroxylation is 1. The molecule has 3 heterocycles. The summed E-state index contributed by atoms with van der Waals surface area (Å²) in [6.45, 7) is 8.93. The highest BCUT2D eigenvalue weighted by molar-refractivity contribution is 6.00. The summed E-state index contributed by atoms with van der Waals surface area (Å²) in [7, 11) is 5.64. The van der Waals surface area contributed by atoms with E-state index < -0.39 is 0 Å². The number of nitrogens with zero attached hydrogens (tertiary/aromatic N) is 6. The summed E-state index contributed by atoms with van der Waals surface area (Å²) < 4.78 is 13.6. The highest BCUT2D eigenvalue weighted by Crippen LogP contribution is 2.38. The first-order valence-electron chi connectivity index (χ1n) is 13.1. The van der Waals surface area contributed by atoms with E-state index in [2.05, 4.69) is 49.1 Å². The molecular weight excluding hydrogens is 508 g/mol. The van der Waals surface area contributed by atoms with Crippen LogP contribution in [0.2, 0.25) is 0 Å². The minimum absolute atomic E-state index is 0.338. The lowest BCUT2D eigenvalue weighted by Crippen LogP contribution is -2.45. The van der Waals surface area contributed by atoms with E-state index >= 15 is 0 Å². The number of piperazine rings is 1. The van der Waals surface area contributed by atoms with Gasteiger partial charge in [-0.3, -0.25) is 14.4 Å². The van der Waals surface area contributed by atoms with Crippen molar-refractivity contribution < 1.29 is 14.3 Å². The Bertz CT molecular complexity index is 1510. The molecule has 11 heteroatoms. The molecule has 0 aliphatic carbocycles. The number of carbonyl (C=O) groups excluding carboxylic acids is 1. The summed E-state index contributed by atoms with van der Waals surface area (Å²) >= 11 is 0. The van der Waals surface area contributed by atoms with Gasteiger partial charge in [-0.25, -0.2) is 9.97 Å². The van der Waals surface area contributed by atoms with Crippen LogP contribution in [0.5, 0.6) is 11.5 Å². The first-order valence-corrected chi connectivity index (χ1v) is 13.1. The van der Waals surface area contributed by atoms with Crippen LogP contribution in [0.15, 0.2) is 61.6 Å². The van der Waals surface area contributed by atoms with Crippen molar-refractivity contribution in [1.82, 2.24) is 29.5 Å². The second kappa shape index (κ2) is 12.1. The average molecular weight is 543 g/mol. The standard InChI is InChI=1S/C29H34N8O3/c1-5-29(38)34-24-15-23(26(39-4)17-27(24)40-13-12-37-10-8-35(2)9-11-37)33-28-16-22(30-19-31-28)20-6-7-25-21(14-20)18-32-36(25)3/h5-7,14-19H,1,8-13H2,2-4H3,(H,34,38)(H,30,31,33). The number of methoxy groups -OCH3 is 1. The quantitative estimate of drug-likeness (QED) is 0.291. The Morgan fingerprint density at radius 1 is 1.05 bits per heavy atom. The number of aromatic nitrogens is 4. The van der Waals surface area contributed by atoms with Crippen LogP contribution in [0.3, 0.4) is 0 Å². The van der Waals surface area contributed by atoms with Crippen LogP contribution in [0, 0.1) is 0 Å². The minimum Gasteiger partial charge on any atom is -0.494 e. The molecule has 1 amide bonds. The fourth-order valence-corrected chi connectivity index (χ4v) is 4.63. The average Bonchev–Trinajstić information content (AvgIpc) is 3.35. The molecule has 40 heavy (non-hydrogen) atoms. The van der Waals surface area contributed by atoms with Gasteiger partial charge in [0.25, 0.3) is 0 Å². The third-order valence-electron chi connectivity index (χ3n) is 6.98. The molecule has 1 fully saturated rings.